The Morgan fingerprint density at radius 3 is 2.86 bits per heavy atom. The molecule has 3 nitrogen and oxygen atoms in total. The Morgan fingerprint density at radius 2 is 2.14 bits per heavy atom. The largest absolute Gasteiger partial charge is 0.399 e. The van der Waals surface area contributed by atoms with Gasteiger partial charge in [0.15, 0.2) is 5.16 Å². The molecule has 2 N–H and O–H groups in total. The van der Waals surface area contributed by atoms with Crippen molar-refractivity contribution in [1.82, 2.24) is 9.97 Å². The van der Waals surface area contributed by atoms with Gasteiger partial charge in [-0.3, -0.25) is 0 Å². The lowest BCUT2D eigenvalue weighted by Crippen LogP contribution is -1.91. The summed E-state index contributed by atoms with van der Waals surface area (Å²) < 4.78 is 0. The van der Waals surface area contributed by atoms with Gasteiger partial charge in [0.1, 0.15) is 5.15 Å². The summed E-state index contributed by atoms with van der Waals surface area (Å²) in [6, 6.07) is 5.41. The molecule has 0 atom stereocenters. The average Bonchev–Trinajstić information content (AvgIpc) is 2.16. The summed E-state index contributed by atoms with van der Waals surface area (Å²) in [5.74, 6) is 0. The van der Waals surface area contributed by atoms with Gasteiger partial charge in [0, 0.05) is 11.1 Å². The van der Waals surface area contributed by atoms with Crippen molar-refractivity contribution in [3.63, 3.8) is 0 Å². The summed E-state index contributed by atoms with van der Waals surface area (Å²) in [5, 5.41) is 1.96. The predicted octanol–water partition coefficient (Wildman–Crippen LogP) is 2.59. The molecule has 2 rings (SSSR count). The number of nitrogen functional groups attached to an aromatic ring is 1. The van der Waals surface area contributed by atoms with Crippen molar-refractivity contribution in [2.24, 2.45) is 0 Å². The first-order valence-electron chi connectivity index (χ1n) is 3.97. The smallest absolute Gasteiger partial charge is 0.189 e. The van der Waals surface area contributed by atoms with Crippen LogP contribution in [0.4, 0.5) is 5.69 Å². The fraction of sp³-hybridized carbons (Fsp3) is 0.111. The second kappa shape index (κ2) is 3.63. The van der Waals surface area contributed by atoms with Crippen LogP contribution >= 0.6 is 23.4 Å². The molecule has 2 aromatic rings. The minimum absolute atomic E-state index is 0.472. The topological polar surface area (TPSA) is 51.8 Å². The van der Waals surface area contributed by atoms with E-state index in [-0.39, 0.29) is 0 Å². The van der Waals surface area contributed by atoms with Crippen LogP contribution in [0.2, 0.25) is 5.15 Å². The maximum absolute atomic E-state index is 5.99. The van der Waals surface area contributed by atoms with Crippen LogP contribution in [0.5, 0.6) is 0 Å². The highest BCUT2D eigenvalue weighted by molar-refractivity contribution is 7.98. The van der Waals surface area contributed by atoms with Crippen molar-refractivity contribution in [3.8, 4) is 0 Å². The molecule has 0 aliphatic carbocycles. The molecule has 0 aliphatic rings. The Bertz CT molecular complexity index is 487. The van der Waals surface area contributed by atoms with E-state index >= 15 is 0 Å². The molecule has 0 saturated carbocycles. The minimum atomic E-state index is 0.472. The molecule has 14 heavy (non-hydrogen) atoms. The minimum Gasteiger partial charge on any atom is -0.399 e. The number of aromatic nitrogens is 2. The molecule has 0 fully saturated rings. The summed E-state index contributed by atoms with van der Waals surface area (Å²) in [5.41, 5.74) is 7.12. The summed E-state index contributed by atoms with van der Waals surface area (Å²) in [4.78, 5) is 8.43. The van der Waals surface area contributed by atoms with Gasteiger partial charge in [-0.25, -0.2) is 9.97 Å². The van der Waals surface area contributed by atoms with Crippen LogP contribution in [-0.2, 0) is 0 Å². The lowest BCUT2D eigenvalue weighted by molar-refractivity contribution is 1.01. The van der Waals surface area contributed by atoms with E-state index in [1.165, 1.54) is 11.8 Å². The molecule has 5 heteroatoms. The highest BCUT2D eigenvalue weighted by Crippen LogP contribution is 2.24. The van der Waals surface area contributed by atoms with Gasteiger partial charge in [0.05, 0.1) is 5.52 Å². The highest BCUT2D eigenvalue weighted by Gasteiger charge is 2.04. The van der Waals surface area contributed by atoms with E-state index in [9.17, 15) is 0 Å². The number of nitrogens with zero attached hydrogens (tertiary/aromatic N) is 2. The van der Waals surface area contributed by atoms with E-state index in [4.69, 9.17) is 17.3 Å². The predicted molar refractivity (Wildman–Crippen MR) is 60.7 cm³/mol. The third-order valence-electron chi connectivity index (χ3n) is 1.84. The van der Waals surface area contributed by atoms with Gasteiger partial charge < -0.3 is 5.73 Å². The van der Waals surface area contributed by atoms with Gasteiger partial charge >= 0.3 is 0 Å². The van der Waals surface area contributed by atoms with Crippen LogP contribution in [0.25, 0.3) is 10.9 Å². The van der Waals surface area contributed by atoms with E-state index in [0.717, 1.165) is 10.9 Å². The SMILES string of the molecule is CSc1nc(Cl)c2ccc(N)cc2n1. The maximum atomic E-state index is 5.99. The quantitative estimate of drug-likeness (QED) is 0.351. The maximum Gasteiger partial charge on any atom is 0.189 e. The van der Waals surface area contributed by atoms with E-state index < -0.39 is 0 Å². The number of nitrogens with two attached hydrogens (primary N) is 1. The molecule has 0 amide bonds. The van der Waals surface area contributed by atoms with Crippen LogP contribution in [0.3, 0.4) is 0 Å². The van der Waals surface area contributed by atoms with E-state index in [2.05, 4.69) is 9.97 Å². The van der Waals surface area contributed by atoms with Gasteiger partial charge in [0.25, 0.3) is 0 Å². The van der Waals surface area contributed by atoms with E-state index in [0.29, 0.717) is 16.0 Å². The van der Waals surface area contributed by atoms with Crippen molar-refractivity contribution in [2.75, 3.05) is 12.0 Å². The lowest BCUT2D eigenvalue weighted by Gasteiger charge is -2.02. The van der Waals surface area contributed by atoms with Crippen molar-refractivity contribution in [2.45, 2.75) is 5.16 Å². The molecule has 0 aliphatic heterocycles. The first kappa shape index (κ1) is 9.55. The Labute approximate surface area is 90.7 Å². The zero-order valence-electron chi connectivity index (χ0n) is 7.49. The molecule has 0 bridgehead atoms. The number of hydrogen-bond donors (Lipinski definition) is 1. The van der Waals surface area contributed by atoms with Crippen LogP contribution in [0.1, 0.15) is 0 Å². The third-order valence-corrected chi connectivity index (χ3v) is 2.67. The molecular formula is C9H8ClN3S. The van der Waals surface area contributed by atoms with Crippen LogP contribution in [0.15, 0.2) is 23.4 Å². The number of hydrogen-bond acceptors (Lipinski definition) is 4. The monoisotopic (exact) mass is 225 g/mol. The number of rotatable bonds is 1. The molecule has 1 aromatic heterocycles. The second-order valence-electron chi connectivity index (χ2n) is 2.78. The fourth-order valence-electron chi connectivity index (χ4n) is 1.18. The molecule has 1 heterocycles. The Balaban J connectivity index is 2.77. The lowest BCUT2D eigenvalue weighted by atomic mass is 10.2. The van der Waals surface area contributed by atoms with E-state index in [1.54, 1.807) is 12.1 Å². The normalized spacial score (nSPS) is 10.7. The zero-order chi connectivity index (χ0) is 10.1. The number of halogens is 1. The molecule has 0 saturated heterocycles. The van der Waals surface area contributed by atoms with Gasteiger partial charge in [-0.15, -0.1) is 0 Å². The zero-order valence-corrected chi connectivity index (χ0v) is 9.06. The Hall–Kier alpha value is -1.00. The van der Waals surface area contributed by atoms with Crippen molar-refractivity contribution in [3.05, 3.63) is 23.4 Å². The first-order chi connectivity index (χ1) is 6.70. The van der Waals surface area contributed by atoms with Crippen molar-refractivity contribution < 1.29 is 0 Å². The molecular weight excluding hydrogens is 218 g/mol. The Morgan fingerprint density at radius 1 is 1.36 bits per heavy atom. The van der Waals surface area contributed by atoms with E-state index in [1.807, 2.05) is 12.3 Å². The number of benzene rings is 1. The summed E-state index contributed by atoms with van der Waals surface area (Å²) in [7, 11) is 0. The van der Waals surface area contributed by atoms with Gasteiger partial charge in [-0.2, -0.15) is 0 Å². The average molecular weight is 226 g/mol. The van der Waals surface area contributed by atoms with Crippen molar-refractivity contribution >= 4 is 40.0 Å². The molecule has 1 aromatic carbocycles. The summed E-state index contributed by atoms with van der Waals surface area (Å²) in [6.45, 7) is 0. The molecule has 0 radical (unpaired) electrons. The van der Waals surface area contributed by atoms with Crippen LogP contribution in [-0.4, -0.2) is 16.2 Å². The number of fused-ring (bicyclic) bond motifs is 1. The summed E-state index contributed by atoms with van der Waals surface area (Å²) >= 11 is 7.44. The molecule has 0 spiro atoms. The van der Waals surface area contributed by atoms with Gasteiger partial charge in [-0.05, 0) is 24.5 Å². The molecule has 72 valence electrons. The fourth-order valence-corrected chi connectivity index (χ4v) is 1.84. The Kier molecular flexibility index (Phi) is 2.48. The number of thioether (sulfide) groups is 1. The summed E-state index contributed by atoms with van der Waals surface area (Å²) in [6.07, 6.45) is 1.91. The van der Waals surface area contributed by atoms with Crippen LogP contribution < -0.4 is 5.73 Å². The first-order valence-corrected chi connectivity index (χ1v) is 5.58. The number of anilines is 1. The highest BCUT2D eigenvalue weighted by atomic mass is 35.5. The van der Waals surface area contributed by atoms with Crippen molar-refractivity contribution in [1.29, 1.82) is 0 Å². The van der Waals surface area contributed by atoms with Crippen LogP contribution in [0, 0.1) is 0 Å². The van der Waals surface area contributed by atoms with Gasteiger partial charge in [-0.1, -0.05) is 23.4 Å². The second-order valence-corrected chi connectivity index (χ2v) is 3.91. The molecule has 0 unspecified atom stereocenters. The van der Waals surface area contributed by atoms with Gasteiger partial charge in [0.2, 0.25) is 0 Å². The standard InChI is InChI=1S/C9H8ClN3S/c1-14-9-12-7-4-5(11)2-3-6(7)8(10)13-9/h2-4H,11H2,1H3. The third kappa shape index (κ3) is 1.63.